The molecule has 5 rings (SSSR count). The molecule has 9 heteroatoms. The van der Waals surface area contributed by atoms with Crippen molar-refractivity contribution in [2.24, 2.45) is 7.05 Å². The second-order valence-electron chi connectivity index (χ2n) is 8.46. The number of hydrogen-bond acceptors (Lipinski definition) is 4. The van der Waals surface area contributed by atoms with Gasteiger partial charge in [0.05, 0.1) is 16.8 Å². The van der Waals surface area contributed by atoms with Crippen molar-refractivity contribution in [2.45, 2.75) is 19.1 Å². The van der Waals surface area contributed by atoms with E-state index in [-0.39, 0.29) is 30.0 Å². The second kappa shape index (κ2) is 9.47. The number of nitrogens with one attached hydrogen (secondary N) is 1. The molecule has 0 fully saturated rings. The van der Waals surface area contributed by atoms with Crippen LogP contribution in [-0.4, -0.2) is 26.8 Å². The Morgan fingerprint density at radius 1 is 1.14 bits per heavy atom. The summed E-state index contributed by atoms with van der Waals surface area (Å²) >= 11 is 6.25. The lowest BCUT2D eigenvalue weighted by Gasteiger charge is -2.27. The molecule has 1 amide bonds. The number of amides is 1. The molecule has 1 aliphatic heterocycles. The maximum Gasteiger partial charge on any atom is 0.335 e. The average Bonchev–Trinajstić information content (AvgIpc) is 3.22. The SMILES string of the molecule is Cn1nc(C(=O)NCc2ccc(C(=O)O)cc2)c2c1-c1cc(Cl)ccc1OC2Cc1ccccc1F. The van der Waals surface area contributed by atoms with Crippen molar-refractivity contribution < 1.29 is 23.8 Å². The summed E-state index contributed by atoms with van der Waals surface area (Å²) < 4.78 is 22.4. The van der Waals surface area contributed by atoms with Gasteiger partial charge in [-0.3, -0.25) is 9.48 Å². The standard InChI is InChI=1S/C27H21ClFN3O4/c1-32-25-19-13-18(28)10-11-21(19)36-22(12-17-4-2-3-5-20(17)29)23(25)24(31-32)26(33)30-14-15-6-8-16(9-7-15)27(34)35/h2-11,13,22H,12,14H2,1H3,(H,30,33)(H,34,35). The quantitative estimate of drug-likeness (QED) is 0.376. The highest BCUT2D eigenvalue weighted by Crippen LogP contribution is 2.45. The van der Waals surface area contributed by atoms with E-state index in [9.17, 15) is 14.0 Å². The van der Waals surface area contributed by atoms with Crippen molar-refractivity contribution in [1.82, 2.24) is 15.1 Å². The zero-order chi connectivity index (χ0) is 25.4. The van der Waals surface area contributed by atoms with Crippen LogP contribution < -0.4 is 10.1 Å². The molecule has 3 aromatic carbocycles. The van der Waals surface area contributed by atoms with Crippen molar-refractivity contribution >= 4 is 23.5 Å². The van der Waals surface area contributed by atoms with Gasteiger partial charge >= 0.3 is 5.97 Å². The van der Waals surface area contributed by atoms with Gasteiger partial charge in [-0.1, -0.05) is 41.9 Å². The number of ether oxygens (including phenoxy) is 1. The summed E-state index contributed by atoms with van der Waals surface area (Å²) in [4.78, 5) is 24.4. The lowest BCUT2D eigenvalue weighted by molar-refractivity contribution is 0.0696. The molecule has 182 valence electrons. The van der Waals surface area contributed by atoms with Gasteiger partial charge < -0.3 is 15.2 Å². The second-order valence-corrected chi connectivity index (χ2v) is 8.90. The smallest absolute Gasteiger partial charge is 0.335 e. The minimum atomic E-state index is -1.02. The van der Waals surface area contributed by atoms with E-state index in [4.69, 9.17) is 21.4 Å². The molecule has 1 atom stereocenters. The summed E-state index contributed by atoms with van der Waals surface area (Å²) in [6.45, 7) is 0.172. The topological polar surface area (TPSA) is 93.5 Å². The van der Waals surface area contributed by atoms with Crippen LogP contribution in [0.5, 0.6) is 5.75 Å². The normalized spacial score (nSPS) is 13.9. The Morgan fingerprint density at radius 3 is 2.61 bits per heavy atom. The predicted octanol–water partition coefficient (Wildman–Crippen LogP) is 5.18. The van der Waals surface area contributed by atoms with Crippen LogP contribution in [0.1, 0.15) is 43.6 Å². The largest absolute Gasteiger partial charge is 0.485 e. The molecule has 4 aromatic rings. The summed E-state index contributed by atoms with van der Waals surface area (Å²) in [7, 11) is 1.73. The Bertz CT molecular complexity index is 1480. The predicted molar refractivity (Wildman–Crippen MR) is 132 cm³/mol. The summed E-state index contributed by atoms with van der Waals surface area (Å²) in [5.74, 6) is -1.24. The molecule has 0 aliphatic carbocycles. The fourth-order valence-electron chi connectivity index (χ4n) is 4.37. The zero-order valence-corrected chi connectivity index (χ0v) is 19.9. The zero-order valence-electron chi connectivity index (χ0n) is 19.2. The van der Waals surface area contributed by atoms with E-state index in [0.29, 0.717) is 33.2 Å². The molecule has 0 saturated carbocycles. The number of benzene rings is 3. The van der Waals surface area contributed by atoms with E-state index in [1.54, 1.807) is 60.3 Å². The molecular formula is C27H21ClFN3O4. The fourth-order valence-corrected chi connectivity index (χ4v) is 4.55. The van der Waals surface area contributed by atoms with E-state index < -0.39 is 18.0 Å². The Hall–Kier alpha value is -4.17. The van der Waals surface area contributed by atoms with E-state index in [0.717, 1.165) is 5.56 Å². The van der Waals surface area contributed by atoms with Crippen LogP contribution in [-0.2, 0) is 20.0 Å². The van der Waals surface area contributed by atoms with Gasteiger partial charge in [-0.15, -0.1) is 0 Å². The lowest BCUT2D eigenvalue weighted by atomic mass is 9.92. The van der Waals surface area contributed by atoms with Crippen LogP contribution in [0.4, 0.5) is 4.39 Å². The third kappa shape index (κ3) is 4.43. The molecule has 7 nitrogen and oxygen atoms in total. The van der Waals surface area contributed by atoms with Crippen LogP contribution in [0.2, 0.25) is 5.02 Å². The monoisotopic (exact) mass is 505 g/mol. The molecule has 0 bridgehead atoms. The first-order valence-corrected chi connectivity index (χ1v) is 11.6. The molecule has 1 unspecified atom stereocenters. The number of carbonyl (C=O) groups excluding carboxylic acids is 1. The van der Waals surface area contributed by atoms with Gasteiger partial charge in [0.2, 0.25) is 0 Å². The van der Waals surface area contributed by atoms with Gasteiger partial charge in [-0.25, -0.2) is 9.18 Å². The Morgan fingerprint density at radius 2 is 1.89 bits per heavy atom. The lowest BCUT2D eigenvalue weighted by Crippen LogP contribution is -2.26. The maximum absolute atomic E-state index is 14.5. The third-order valence-electron chi connectivity index (χ3n) is 6.10. The molecule has 1 aromatic heterocycles. The van der Waals surface area contributed by atoms with Crippen LogP contribution in [0, 0.1) is 5.82 Å². The Balaban J connectivity index is 1.50. The first-order valence-electron chi connectivity index (χ1n) is 11.2. The highest BCUT2D eigenvalue weighted by atomic mass is 35.5. The maximum atomic E-state index is 14.5. The average molecular weight is 506 g/mol. The highest BCUT2D eigenvalue weighted by Gasteiger charge is 2.35. The van der Waals surface area contributed by atoms with Gasteiger partial charge in [0.1, 0.15) is 17.7 Å². The summed E-state index contributed by atoms with van der Waals surface area (Å²) in [6, 6.07) is 17.9. The molecule has 2 heterocycles. The molecular weight excluding hydrogens is 485 g/mol. The van der Waals surface area contributed by atoms with Crippen LogP contribution in [0.15, 0.2) is 66.7 Å². The van der Waals surface area contributed by atoms with Gasteiger partial charge in [-0.2, -0.15) is 5.10 Å². The number of aryl methyl sites for hydroxylation is 1. The van der Waals surface area contributed by atoms with Crippen LogP contribution in [0.25, 0.3) is 11.3 Å². The Kier molecular flexibility index (Phi) is 6.20. The Labute approximate surface area is 211 Å². The summed E-state index contributed by atoms with van der Waals surface area (Å²) in [5.41, 5.74) is 3.44. The van der Waals surface area contributed by atoms with Gasteiger partial charge in [-0.05, 0) is 47.5 Å². The van der Waals surface area contributed by atoms with E-state index >= 15 is 0 Å². The van der Waals surface area contributed by atoms with Gasteiger partial charge in [0.25, 0.3) is 5.91 Å². The van der Waals surface area contributed by atoms with E-state index in [1.165, 1.54) is 18.2 Å². The number of rotatable bonds is 6. The minimum absolute atomic E-state index is 0.161. The number of carboxylic acid groups (broad SMARTS) is 1. The van der Waals surface area contributed by atoms with Gasteiger partial charge in [0.15, 0.2) is 5.69 Å². The summed E-state index contributed by atoms with van der Waals surface area (Å²) in [6.07, 6.45) is -0.459. The van der Waals surface area contributed by atoms with Crippen molar-refractivity contribution in [3.63, 3.8) is 0 Å². The number of halogens is 2. The highest BCUT2D eigenvalue weighted by molar-refractivity contribution is 6.31. The molecule has 1 aliphatic rings. The van der Waals surface area contributed by atoms with Crippen molar-refractivity contribution in [1.29, 1.82) is 0 Å². The summed E-state index contributed by atoms with van der Waals surface area (Å²) in [5, 5.41) is 16.9. The molecule has 2 N–H and O–H groups in total. The van der Waals surface area contributed by atoms with Crippen LogP contribution >= 0.6 is 11.6 Å². The number of aromatic nitrogens is 2. The number of nitrogens with zero attached hydrogens (tertiary/aromatic N) is 2. The first-order chi connectivity index (χ1) is 17.3. The van der Waals surface area contributed by atoms with Crippen LogP contribution in [0.3, 0.4) is 0 Å². The van der Waals surface area contributed by atoms with E-state index in [2.05, 4.69) is 10.4 Å². The molecule has 0 saturated heterocycles. The fraction of sp³-hybridized carbons (Fsp3) is 0.148. The number of hydrogen-bond donors (Lipinski definition) is 2. The van der Waals surface area contributed by atoms with Crippen molar-refractivity contribution in [2.75, 3.05) is 0 Å². The number of carbonyl (C=O) groups is 2. The number of fused-ring (bicyclic) bond motifs is 3. The molecule has 0 radical (unpaired) electrons. The number of aromatic carboxylic acids is 1. The molecule has 36 heavy (non-hydrogen) atoms. The van der Waals surface area contributed by atoms with Crippen molar-refractivity contribution in [3.05, 3.63) is 106 Å². The third-order valence-corrected chi connectivity index (χ3v) is 6.34. The number of carboxylic acids is 1. The first kappa shape index (κ1) is 23.6. The van der Waals surface area contributed by atoms with Crippen molar-refractivity contribution in [3.8, 4) is 17.0 Å². The van der Waals surface area contributed by atoms with Gasteiger partial charge in [0, 0.05) is 30.6 Å². The minimum Gasteiger partial charge on any atom is -0.485 e. The molecule has 0 spiro atoms. The van der Waals surface area contributed by atoms with E-state index in [1.807, 2.05) is 0 Å².